The third-order valence-corrected chi connectivity index (χ3v) is 2.73. The summed E-state index contributed by atoms with van der Waals surface area (Å²) in [7, 11) is 1.49. The van der Waals surface area contributed by atoms with Gasteiger partial charge in [-0.1, -0.05) is 11.6 Å². The number of hydrogen-bond acceptors (Lipinski definition) is 4. The van der Waals surface area contributed by atoms with Crippen LogP contribution in [0.4, 0.5) is 5.95 Å². The number of methoxy groups -OCH3 is 1. The molecule has 1 amide bonds. The molecule has 0 spiro atoms. The van der Waals surface area contributed by atoms with Crippen molar-refractivity contribution in [2.45, 2.75) is 13.5 Å². The van der Waals surface area contributed by atoms with Crippen LogP contribution < -0.4 is 10.1 Å². The smallest absolute Gasteiger partial charge is 0.261 e. The molecule has 1 aromatic heterocycles. The number of ether oxygens (including phenoxy) is 1. The van der Waals surface area contributed by atoms with Gasteiger partial charge in [0, 0.05) is 11.6 Å². The normalized spacial score (nSPS) is 10.3. The van der Waals surface area contributed by atoms with Crippen LogP contribution in [0.3, 0.4) is 0 Å². The molecular weight excluding hydrogens is 268 g/mol. The number of nitrogens with one attached hydrogen (secondary N) is 1. The van der Waals surface area contributed by atoms with E-state index in [1.807, 2.05) is 6.92 Å². The molecule has 19 heavy (non-hydrogen) atoms. The molecule has 0 saturated heterocycles. The molecule has 0 aliphatic heterocycles. The van der Waals surface area contributed by atoms with Crippen molar-refractivity contribution in [2.24, 2.45) is 0 Å². The van der Waals surface area contributed by atoms with Gasteiger partial charge in [0.1, 0.15) is 12.1 Å². The monoisotopic (exact) mass is 280 g/mol. The van der Waals surface area contributed by atoms with Crippen LogP contribution in [-0.2, 0) is 6.54 Å². The van der Waals surface area contributed by atoms with Gasteiger partial charge in [-0.3, -0.25) is 14.8 Å². The second-order valence-corrected chi connectivity index (χ2v) is 4.16. The van der Waals surface area contributed by atoms with Gasteiger partial charge >= 0.3 is 0 Å². The number of halogens is 1. The summed E-state index contributed by atoms with van der Waals surface area (Å²) >= 11 is 5.88. The zero-order valence-electron chi connectivity index (χ0n) is 10.6. The fourth-order valence-corrected chi connectivity index (χ4v) is 1.70. The van der Waals surface area contributed by atoms with E-state index in [1.54, 1.807) is 23.1 Å². The van der Waals surface area contributed by atoms with Gasteiger partial charge in [-0.25, -0.2) is 4.98 Å². The molecule has 1 N–H and O–H groups in total. The van der Waals surface area contributed by atoms with Gasteiger partial charge in [0.2, 0.25) is 5.95 Å². The predicted octanol–water partition coefficient (Wildman–Crippen LogP) is 2.21. The number of benzene rings is 1. The second-order valence-electron chi connectivity index (χ2n) is 3.72. The van der Waals surface area contributed by atoms with Crippen molar-refractivity contribution in [3.05, 3.63) is 35.1 Å². The number of carbonyl (C=O) groups excluding carboxylic acids is 1. The maximum atomic E-state index is 12.1. The Bertz CT molecular complexity index is 597. The minimum Gasteiger partial charge on any atom is -0.496 e. The Morgan fingerprint density at radius 1 is 1.53 bits per heavy atom. The summed E-state index contributed by atoms with van der Waals surface area (Å²) in [5, 5.41) is 7.12. The number of hydrogen-bond donors (Lipinski definition) is 1. The van der Waals surface area contributed by atoms with Crippen LogP contribution in [0, 0.1) is 0 Å². The molecular formula is C12H13ClN4O2. The Balaban J connectivity index is 2.21. The first-order chi connectivity index (χ1) is 9.13. The van der Waals surface area contributed by atoms with Crippen molar-refractivity contribution in [3.8, 4) is 5.75 Å². The minimum atomic E-state index is -0.367. The maximum absolute atomic E-state index is 12.1. The lowest BCUT2D eigenvalue weighted by Gasteiger charge is -2.07. The molecule has 0 saturated carbocycles. The summed E-state index contributed by atoms with van der Waals surface area (Å²) in [6.45, 7) is 2.61. The van der Waals surface area contributed by atoms with E-state index in [4.69, 9.17) is 16.3 Å². The molecule has 0 fully saturated rings. The van der Waals surface area contributed by atoms with Gasteiger partial charge in [0.05, 0.1) is 12.7 Å². The van der Waals surface area contributed by atoms with E-state index in [0.717, 1.165) is 0 Å². The maximum Gasteiger partial charge on any atom is 0.261 e. The predicted molar refractivity (Wildman–Crippen MR) is 71.7 cm³/mol. The molecule has 2 rings (SSSR count). The lowest BCUT2D eigenvalue weighted by Crippen LogP contribution is -2.14. The molecule has 0 bridgehead atoms. The number of aromatic nitrogens is 3. The number of anilines is 1. The molecule has 0 aliphatic rings. The summed E-state index contributed by atoms with van der Waals surface area (Å²) in [5.41, 5.74) is 0.336. The minimum absolute atomic E-state index is 0.244. The molecule has 100 valence electrons. The lowest BCUT2D eigenvalue weighted by molar-refractivity contribution is 0.102. The largest absolute Gasteiger partial charge is 0.496 e. The molecule has 6 nitrogen and oxygen atoms in total. The molecule has 7 heteroatoms. The van der Waals surface area contributed by atoms with Gasteiger partial charge in [-0.15, -0.1) is 5.10 Å². The van der Waals surface area contributed by atoms with Crippen LogP contribution in [0.5, 0.6) is 5.75 Å². The Morgan fingerprint density at radius 3 is 2.95 bits per heavy atom. The van der Waals surface area contributed by atoms with Crippen molar-refractivity contribution < 1.29 is 9.53 Å². The molecule has 0 radical (unpaired) electrons. The van der Waals surface area contributed by atoms with Crippen LogP contribution >= 0.6 is 11.6 Å². The van der Waals surface area contributed by atoms with E-state index in [-0.39, 0.29) is 11.9 Å². The van der Waals surface area contributed by atoms with Gasteiger partial charge in [-0.2, -0.15) is 0 Å². The molecule has 0 unspecified atom stereocenters. The zero-order chi connectivity index (χ0) is 13.8. The van der Waals surface area contributed by atoms with Gasteiger partial charge in [-0.05, 0) is 25.1 Å². The van der Waals surface area contributed by atoms with E-state index in [0.29, 0.717) is 22.9 Å². The topological polar surface area (TPSA) is 69.0 Å². The Hall–Kier alpha value is -2.08. The van der Waals surface area contributed by atoms with Crippen LogP contribution in [0.15, 0.2) is 24.5 Å². The van der Waals surface area contributed by atoms with Crippen LogP contribution in [0.25, 0.3) is 0 Å². The quantitative estimate of drug-likeness (QED) is 0.932. The first kappa shape index (κ1) is 13.4. The summed E-state index contributed by atoms with van der Waals surface area (Å²) in [6.07, 6.45) is 1.55. The van der Waals surface area contributed by atoms with Gasteiger partial charge in [0.15, 0.2) is 0 Å². The average Bonchev–Trinajstić information content (AvgIpc) is 2.86. The number of aryl methyl sites for hydroxylation is 1. The Kier molecular flexibility index (Phi) is 4.01. The highest BCUT2D eigenvalue weighted by Gasteiger charge is 2.14. The fourth-order valence-electron chi connectivity index (χ4n) is 1.53. The summed E-state index contributed by atoms with van der Waals surface area (Å²) in [4.78, 5) is 16.1. The molecule has 2 aromatic rings. The number of carbonyl (C=O) groups is 1. The van der Waals surface area contributed by atoms with Crippen molar-refractivity contribution in [1.82, 2.24) is 14.8 Å². The number of amides is 1. The Labute approximate surface area is 115 Å². The third kappa shape index (κ3) is 3.03. The van der Waals surface area contributed by atoms with E-state index in [1.165, 1.54) is 13.2 Å². The molecule has 0 aliphatic carbocycles. The Morgan fingerprint density at radius 2 is 2.32 bits per heavy atom. The van der Waals surface area contributed by atoms with Crippen LogP contribution in [-0.4, -0.2) is 27.8 Å². The van der Waals surface area contributed by atoms with Gasteiger partial charge in [0.25, 0.3) is 5.91 Å². The highest BCUT2D eigenvalue weighted by molar-refractivity contribution is 6.31. The number of rotatable bonds is 4. The first-order valence-electron chi connectivity index (χ1n) is 5.68. The van der Waals surface area contributed by atoms with Crippen LogP contribution in [0.1, 0.15) is 17.3 Å². The molecule has 0 atom stereocenters. The van der Waals surface area contributed by atoms with Crippen molar-refractivity contribution in [1.29, 1.82) is 0 Å². The third-order valence-electron chi connectivity index (χ3n) is 2.49. The number of nitrogens with zero attached hydrogens (tertiary/aromatic N) is 3. The fraction of sp³-hybridized carbons (Fsp3) is 0.250. The van der Waals surface area contributed by atoms with E-state index in [2.05, 4.69) is 15.4 Å². The highest BCUT2D eigenvalue weighted by Crippen LogP contribution is 2.23. The zero-order valence-corrected chi connectivity index (χ0v) is 11.3. The van der Waals surface area contributed by atoms with Gasteiger partial charge < -0.3 is 4.74 Å². The SMILES string of the molecule is CCn1cnc(NC(=O)c2cc(Cl)ccc2OC)n1. The highest BCUT2D eigenvalue weighted by atomic mass is 35.5. The van der Waals surface area contributed by atoms with Crippen molar-refractivity contribution >= 4 is 23.5 Å². The summed E-state index contributed by atoms with van der Waals surface area (Å²) < 4.78 is 6.74. The summed E-state index contributed by atoms with van der Waals surface area (Å²) in [6, 6.07) is 4.82. The molecule has 1 heterocycles. The van der Waals surface area contributed by atoms with Crippen molar-refractivity contribution in [3.63, 3.8) is 0 Å². The van der Waals surface area contributed by atoms with Crippen molar-refractivity contribution in [2.75, 3.05) is 12.4 Å². The van der Waals surface area contributed by atoms with E-state index in [9.17, 15) is 4.79 Å². The van der Waals surface area contributed by atoms with E-state index >= 15 is 0 Å². The first-order valence-corrected chi connectivity index (χ1v) is 6.06. The average molecular weight is 281 g/mol. The standard InChI is InChI=1S/C12H13ClN4O2/c1-3-17-7-14-12(16-17)15-11(18)9-6-8(13)4-5-10(9)19-2/h4-7H,3H2,1-2H3,(H,15,16,18). The van der Waals surface area contributed by atoms with E-state index < -0.39 is 0 Å². The van der Waals surface area contributed by atoms with Crippen LogP contribution in [0.2, 0.25) is 5.02 Å². The lowest BCUT2D eigenvalue weighted by atomic mass is 10.2. The second kappa shape index (κ2) is 5.71. The summed E-state index contributed by atoms with van der Waals surface area (Å²) in [5.74, 6) is 0.318. The molecule has 1 aromatic carbocycles.